The third kappa shape index (κ3) is 3.28. The number of hydrogen-bond acceptors (Lipinski definition) is 5. The van der Waals surface area contributed by atoms with Gasteiger partial charge in [-0.2, -0.15) is 0 Å². The van der Waals surface area contributed by atoms with Crippen LogP contribution in [0.5, 0.6) is 0 Å². The summed E-state index contributed by atoms with van der Waals surface area (Å²) in [6, 6.07) is 18.9. The van der Waals surface area contributed by atoms with Gasteiger partial charge in [0.15, 0.2) is 11.6 Å². The van der Waals surface area contributed by atoms with Crippen molar-refractivity contribution >= 4 is 34.3 Å². The Morgan fingerprint density at radius 3 is 2.59 bits per heavy atom. The number of hydrogen-bond donors (Lipinski definition) is 2. The van der Waals surface area contributed by atoms with Gasteiger partial charge in [-0.1, -0.05) is 36.4 Å². The molecule has 1 aliphatic carbocycles. The van der Waals surface area contributed by atoms with Gasteiger partial charge in [-0.3, -0.25) is 9.59 Å². The Hall–Kier alpha value is -3.18. The molecule has 0 spiro atoms. The van der Waals surface area contributed by atoms with Crippen LogP contribution < -0.4 is 10.6 Å². The Bertz CT molecular complexity index is 1120. The lowest BCUT2D eigenvalue weighted by Gasteiger charge is -2.24. The summed E-state index contributed by atoms with van der Waals surface area (Å²) in [5.41, 5.74) is 4.82. The van der Waals surface area contributed by atoms with Gasteiger partial charge >= 0.3 is 0 Å². The van der Waals surface area contributed by atoms with E-state index in [9.17, 15) is 9.59 Å². The van der Waals surface area contributed by atoms with E-state index in [2.05, 4.69) is 16.7 Å². The molecule has 5 heteroatoms. The predicted molar refractivity (Wildman–Crippen MR) is 117 cm³/mol. The Morgan fingerprint density at radius 1 is 0.931 bits per heavy atom. The van der Waals surface area contributed by atoms with Gasteiger partial charge < -0.3 is 10.6 Å². The Labute approximate surface area is 173 Å². The third-order valence-corrected chi connectivity index (χ3v) is 6.41. The highest BCUT2D eigenvalue weighted by molar-refractivity contribution is 7.10. The van der Waals surface area contributed by atoms with Crippen molar-refractivity contribution in [2.45, 2.75) is 25.3 Å². The summed E-state index contributed by atoms with van der Waals surface area (Å²) in [5, 5.41) is 9.07. The molecule has 0 amide bonds. The first-order valence-electron chi connectivity index (χ1n) is 9.78. The topological polar surface area (TPSA) is 58.2 Å². The van der Waals surface area contributed by atoms with Crippen LogP contribution in [-0.4, -0.2) is 11.6 Å². The summed E-state index contributed by atoms with van der Waals surface area (Å²) in [7, 11) is 0. The summed E-state index contributed by atoms with van der Waals surface area (Å²) < 4.78 is 0. The second kappa shape index (κ2) is 7.33. The van der Waals surface area contributed by atoms with Crippen molar-refractivity contribution in [1.29, 1.82) is 0 Å². The van der Waals surface area contributed by atoms with Crippen LogP contribution in [0.3, 0.4) is 0 Å². The molecule has 0 saturated carbocycles. The maximum atomic E-state index is 12.9. The minimum atomic E-state index is -0.165. The van der Waals surface area contributed by atoms with E-state index in [1.165, 1.54) is 0 Å². The molecule has 4 nitrogen and oxygen atoms in total. The molecule has 1 aromatic heterocycles. The summed E-state index contributed by atoms with van der Waals surface area (Å²) in [6.45, 7) is 0. The SMILES string of the molecule is O=C1CCCC2=C1C(c1cccs1)Nc1ccc(C(=O)c3ccccc3)cc1N2. The lowest BCUT2D eigenvalue weighted by atomic mass is 9.89. The maximum Gasteiger partial charge on any atom is 0.193 e. The second-order valence-corrected chi connectivity index (χ2v) is 8.32. The minimum Gasteiger partial charge on any atom is -0.372 e. The number of rotatable bonds is 3. The second-order valence-electron chi connectivity index (χ2n) is 7.34. The van der Waals surface area contributed by atoms with E-state index in [0.717, 1.165) is 40.4 Å². The molecule has 0 saturated heterocycles. The summed E-state index contributed by atoms with van der Waals surface area (Å²) in [5.74, 6) is 0.182. The molecule has 5 rings (SSSR count). The summed E-state index contributed by atoms with van der Waals surface area (Å²) in [6.07, 6.45) is 2.26. The first kappa shape index (κ1) is 17.9. The van der Waals surface area contributed by atoms with E-state index in [0.29, 0.717) is 17.5 Å². The van der Waals surface area contributed by atoms with E-state index >= 15 is 0 Å². The van der Waals surface area contributed by atoms with Crippen molar-refractivity contribution in [3.05, 3.63) is 93.3 Å². The first-order valence-corrected chi connectivity index (χ1v) is 10.7. The van der Waals surface area contributed by atoms with Crippen molar-refractivity contribution in [2.24, 2.45) is 0 Å². The highest BCUT2D eigenvalue weighted by atomic mass is 32.1. The number of fused-ring (bicyclic) bond motifs is 1. The zero-order chi connectivity index (χ0) is 19.8. The van der Waals surface area contributed by atoms with Crippen molar-refractivity contribution in [3.8, 4) is 0 Å². The van der Waals surface area contributed by atoms with E-state index < -0.39 is 0 Å². The Kier molecular flexibility index (Phi) is 4.52. The average Bonchev–Trinajstić information content (AvgIpc) is 3.22. The fourth-order valence-electron chi connectivity index (χ4n) is 4.06. The van der Waals surface area contributed by atoms with Crippen LogP contribution in [0.4, 0.5) is 11.4 Å². The number of ketones is 2. The molecule has 3 aromatic rings. The molecule has 1 unspecified atom stereocenters. The fourth-order valence-corrected chi connectivity index (χ4v) is 4.84. The van der Waals surface area contributed by atoms with Gasteiger partial charge in [0.05, 0.1) is 17.4 Å². The highest BCUT2D eigenvalue weighted by Gasteiger charge is 2.32. The van der Waals surface area contributed by atoms with Crippen LogP contribution >= 0.6 is 11.3 Å². The van der Waals surface area contributed by atoms with Crippen LogP contribution in [0.2, 0.25) is 0 Å². The summed E-state index contributed by atoms with van der Waals surface area (Å²) in [4.78, 5) is 26.8. The van der Waals surface area contributed by atoms with Gasteiger partial charge in [0.2, 0.25) is 0 Å². The molecule has 144 valence electrons. The van der Waals surface area contributed by atoms with Crippen LogP contribution in [0.15, 0.2) is 77.3 Å². The number of thiophene rings is 1. The zero-order valence-corrected chi connectivity index (χ0v) is 16.6. The van der Waals surface area contributed by atoms with Crippen LogP contribution in [0.25, 0.3) is 0 Å². The van der Waals surface area contributed by atoms with Crippen molar-refractivity contribution in [1.82, 2.24) is 0 Å². The number of nitrogens with one attached hydrogen (secondary N) is 2. The minimum absolute atomic E-state index is 0.0109. The molecule has 1 aliphatic heterocycles. The molecule has 1 atom stereocenters. The zero-order valence-electron chi connectivity index (χ0n) is 15.8. The predicted octanol–water partition coefficient (Wildman–Crippen LogP) is 5.56. The van der Waals surface area contributed by atoms with Crippen molar-refractivity contribution in [2.75, 3.05) is 10.6 Å². The largest absolute Gasteiger partial charge is 0.372 e. The highest BCUT2D eigenvalue weighted by Crippen LogP contribution is 2.42. The molecule has 2 aromatic carbocycles. The monoisotopic (exact) mass is 400 g/mol. The lowest BCUT2D eigenvalue weighted by molar-refractivity contribution is -0.116. The normalized spacial score (nSPS) is 18.2. The molecular weight excluding hydrogens is 380 g/mol. The van der Waals surface area contributed by atoms with Crippen LogP contribution in [-0.2, 0) is 4.79 Å². The van der Waals surface area contributed by atoms with E-state index in [1.54, 1.807) is 11.3 Å². The average molecular weight is 401 g/mol. The van der Waals surface area contributed by atoms with E-state index in [1.807, 2.05) is 60.0 Å². The third-order valence-electron chi connectivity index (χ3n) is 5.48. The first-order chi connectivity index (χ1) is 14.2. The van der Waals surface area contributed by atoms with Crippen LogP contribution in [0, 0.1) is 0 Å². The van der Waals surface area contributed by atoms with E-state index in [-0.39, 0.29) is 17.6 Å². The lowest BCUT2D eigenvalue weighted by Crippen LogP contribution is -2.22. The maximum absolute atomic E-state index is 12.9. The van der Waals surface area contributed by atoms with Crippen molar-refractivity contribution < 1.29 is 9.59 Å². The number of carbonyl (C=O) groups is 2. The molecule has 2 N–H and O–H groups in total. The van der Waals surface area contributed by atoms with Gasteiger partial charge in [-0.05, 0) is 42.5 Å². The molecule has 0 radical (unpaired) electrons. The van der Waals surface area contributed by atoms with Crippen molar-refractivity contribution in [3.63, 3.8) is 0 Å². The quantitative estimate of drug-likeness (QED) is 0.565. The Morgan fingerprint density at radius 2 is 1.79 bits per heavy atom. The molecule has 29 heavy (non-hydrogen) atoms. The van der Waals surface area contributed by atoms with Gasteiger partial charge in [0, 0.05) is 33.7 Å². The summed E-state index contributed by atoms with van der Waals surface area (Å²) >= 11 is 1.65. The molecule has 0 bridgehead atoms. The van der Waals surface area contributed by atoms with E-state index in [4.69, 9.17) is 0 Å². The molecule has 2 heterocycles. The van der Waals surface area contributed by atoms with Gasteiger partial charge in [-0.25, -0.2) is 0 Å². The molecular formula is C24H20N2O2S. The number of Topliss-reactive ketones (excluding diaryl/α,β-unsaturated/α-hetero) is 1. The number of anilines is 2. The molecule has 2 aliphatic rings. The number of carbonyl (C=O) groups excluding carboxylic acids is 2. The standard InChI is InChI=1S/C24H20N2O2S/c27-20-9-4-8-18-22(20)23(21-10-5-13-29-21)26-17-12-11-16(14-19(17)25-18)24(28)15-6-2-1-3-7-15/h1-3,5-7,10-14,23,25-26H,4,8-9H2. The van der Waals surface area contributed by atoms with Gasteiger partial charge in [0.1, 0.15) is 0 Å². The number of benzene rings is 2. The Balaban J connectivity index is 1.58. The smallest absolute Gasteiger partial charge is 0.193 e. The van der Waals surface area contributed by atoms with Gasteiger partial charge in [-0.15, -0.1) is 11.3 Å². The molecule has 0 fully saturated rings. The number of allylic oxidation sites excluding steroid dienone is 1. The fraction of sp³-hybridized carbons (Fsp3) is 0.167. The van der Waals surface area contributed by atoms with Gasteiger partial charge in [0.25, 0.3) is 0 Å². The van der Waals surface area contributed by atoms with Crippen LogP contribution in [0.1, 0.15) is 46.1 Å².